The largest absolute Gasteiger partial charge is 0.380 e. The average molecular weight is 214 g/mol. The molecule has 1 saturated carbocycles. The van der Waals surface area contributed by atoms with E-state index in [0.29, 0.717) is 18.2 Å². The van der Waals surface area contributed by atoms with Gasteiger partial charge < -0.3 is 15.4 Å². The molecule has 0 aromatic carbocycles. The van der Waals surface area contributed by atoms with Gasteiger partial charge >= 0.3 is 0 Å². The molecule has 0 spiro atoms. The first-order valence-corrected chi connectivity index (χ1v) is 6.23. The minimum atomic E-state index is 0.447. The van der Waals surface area contributed by atoms with Crippen LogP contribution < -0.4 is 10.6 Å². The Bertz CT molecular complexity index is 162. The molecule has 2 unspecified atom stereocenters. The van der Waals surface area contributed by atoms with Gasteiger partial charge in [0.25, 0.3) is 0 Å². The third-order valence-corrected chi connectivity index (χ3v) is 3.07. The molecule has 2 atom stereocenters. The van der Waals surface area contributed by atoms with Crippen molar-refractivity contribution in [2.45, 2.75) is 57.7 Å². The Morgan fingerprint density at radius 3 is 2.73 bits per heavy atom. The molecule has 0 radical (unpaired) electrons. The van der Waals surface area contributed by atoms with Gasteiger partial charge in [0.1, 0.15) is 0 Å². The van der Waals surface area contributed by atoms with Crippen molar-refractivity contribution in [2.75, 3.05) is 20.2 Å². The smallest absolute Gasteiger partial charge is 0.0724 e. The highest BCUT2D eigenvalue weighted by molar-refractivity contribution is 4.83. The van der Waals surface area contributed by atoms with Gasteiger partial charge in [0, 0.05) is 19.2 Å². The van der Waals surface area contributed by atoms with E-state index in [-0.39, 0.29) is 0 Å². The fourth-order valence-electron chi connectivity index (χ4n) is 2.21. The van der Waals surface area contributed by atoms with Crippen LogP contribution in [-0.4, -0.2) is 38.4 Å². The number of ether oxygens (including phenoxy) is 1. The minimum absolute atomic E-state index is 0.447. The predicted octanol–water partition coefficient (Wildman–Crippen LogP) is 1.53. The van der Waals surface area contributed by atoms with Crippen LogP contribution in [-0.2, 0) is 4.74 Å². The van der Waals surface area contributed by atoms with Crippen LogP contribution >= 0.6 is 0 Å². The van der Waals surface area contributed by atoms with E-state index in [1.165, 1.54) is 25.7 Å². The SMILES string of the molecule is COC1CCCC1NCCCNC(C)C. The Morgan fingerprint density at radius 2 is 2.07 bits per heavy atom. The Kier molecular flexibility index (Phi) is 6.22. The second-order valence-electron chi connectivity index (χ2n) is 4.73. The summed E-state index contributed by atoms with van der Waals surface area (Å²) < 4.78 is 5.44. The molecular weight excluding hydrogens is 188 g/mol. The van der Waals surface area contributed by atoms with Crippen LogP contribution in [0.5, 0.6) is 0 Å². The van der Waals surface area contributed by atoms with Crippen LogP contribution in [0.2, 0.25) is 0 Å². The normalized spacial score (nSPS) is 26.4. The van der Waals surface area contributed by atoms with Gasteiger partial charge in [-0.2, -0.15) is 0 Å². The van der Waals surface area contributed by atoms with E-state index in [1.54, 1.807) is 0 Å². The molecule has 0 aromatic rings. The first-order chi connectivity index (χ1) is 7.24. The molecule has 15 heavy (non-hydrogen) atoms. The summed E-state index contributed by atoms with van der Waals surface area (Å²) in [5.74, 6) is 0. The summed E-state index contributed by atoms with van der Waals surface area (Å²) in [6, 6.07) is 1.19. The van der Waals surface area contributed by atoms with E-state index in [9.17, 15) is 0 Å². The summed E-state index contributed by atoms with van der Waals surface area (Å²) in [6.45, 7) is 6.58. The third kappa shape index (κ3) is 4.96. The lowest BCUT2D eigenvalue weighted by atomic mass is 10.2. The van der Waals surface area contributed by atoms with Gasteiger partial charge in [-0.3, -0.25) is 0 Å². The van der Waals surface area contributed by atoms with Crippen molar-refractivity contribution in [3.05, 3.63) is 0 Å². The highest BCUT2D eigenvalue weighted by atomic mass is 16.5. The van der Waals surface area contributed by atoms with Gasteiger partial charge in [-0.1, -0.05) is 13.8 Å². The lowest BCUT2D eigenvalue weighted by Gasteiger charge is -2.19. The lowest BCUT2D eigenvalue weighted by molar-refractivity contribution is 0.0852. The fraction of sp³-hybridized carbons (Fsp3) is 1.00. The summed E-state index contributed by atoms with van der Waals surface area (Å²) in [7, 11) is 1.82. The van der Waals surface area contributed by atoms with Crippen molar-refractivity contribution in [1.82, 2.24) is 10.6 Å². The molecule has 0 aliphatic heterocycles. The van der Waals surface area contributed by atoms with Gasteiger partial charge in [-0.25, -0.2) is 0 Å². The molecule has 1 fully saturated rings. The van der Waals surface area contributed by atoms with Crippen LogP contribution in [0.25, 0.3) is 0 Å². The zero-order chi connectivity index (χ0) is 11.1. The predicted molar refractivity (Wildman–Crippen MR) is 64.2 cm³/mol. The molecular formula is C12H26N2O. The van der Waals surface area contributed by atoms with Gasteiger partial charge in [-0.05, 0) is 38.8 Å². The monoisotopic (exact) mass is 214 g/mol. The van der Waals surface area contributed by atoms with E-state index in [0.717, 1.165) is 13.1 Å². The van der Waals surface area contributed by atoms with Gasteiger partial charge in [-0.15, -0.1) is 0 Å². The van der Waals surface area contributed by atoms with Crippen LogP contribution in [0.4, 0.5) is 0 Å². The zero-order valence-corrected chi connectivity index (χ0v) is 10.4. The summed E-state index contributed by atoms with van der Waals surface area (Å²) in [5, 5.41) is 7.02. The average Bonchev–Trinajstić information content (AvgIpc) is 2.64. The molecule has 0 aromatic heterocycles. The second-order valence-corrected chi connectivity index (χ2v) is 4.73. The van der Waals surface area contributed by atoms with Gasteiger partial charge in [0.2, 0.25) is 0 Å². The molecule has 3 nitrogen and oxygen atoms in total. The Labute approximate surface area is 94.0 Å². The molecule has 2 N–H and O–H groups in total. The summed E-state index contributed by atoms with van der Waals surface area (Å²) in [5.41, 5.74) is 0. The van der Waals surface area contributed by atoms with E-state index in [2.05, 4.69) is 24.5 Å². The molecule has 0 amide bonds. The molecule has 0 bridgehead atoms. The number of methoxy groups -OCH3 is 1. The molecule has 90 valence electrons. The number of nitrogens with one attached hydrogen (secondary N) is 2. The molecule has 0 heterocycles. The number of rotatable bonds is 7. The number of hydrogen-bond acceptors (Lipinski definition) is 3. The van der Waals surface area contributed by atoms with Crippen LogP contribution in [0.1, 0.15) is 39.5 Å². The van der Waals surface area contributed by atoms with Gasteiger partial charge in [0.15, 0.2) is 0 Å². The first kappa shape index (κ1) is 12.9. The van der Waals surface area contributed by atoms with Crippen molar-refractivity contribution < 1.29 is 4.74 Å². The van der Waals surface area contributed by atoms with E-state index >= 15 is 0 Å². The zero-order valence-electron chi connectivity index (χ0n) is 10.4. The maximum atomic E-state index is 5.44. The Hall–Kier alpha value is -0.120. The molecule has 1 aliphatic carbocycles. The lowest BCUT2D eigenvalue weighted by Crippen LogP contribution is -2.38. The first-order valence-electron chi connectivity index (χ1n) is 6.23. The van der Waals surface area contributed by atoms with Crippen LogP contribution in [0.3, 0.4) is 0 Å². The van der Waals surface area contributed by atoms with Crippen LogP contribution in [0.15, 0.2) is 0 Å². The standard InChI is InChI=1S/C12H26N2O/c1-10(2)13-8-5-9-14-11-6-4-7-12(11)15-3/h10-14H,4-9H2,1-3H3. The summed E-state index contributed by atoms with van der Waals surface area (Å²) in [4.78, 5) is 0. The third-order valence-electron chi connectivity index (χ3n) is 3.07. The Morgan fingerprint density at radius 1 is 1.27 bits per heavy atom. The quantitative estimate of drug-likeness (QED) is 0.631. The maximum Gasteiger partial charge on any atom is 0.0724 e. The van der Waals surface area contributed by atoms with E-state index < -0.39 is 0 Å². The van der Waals surface area contributed by atoms with Crippen LogP contribution in [0, 0.1) is 0 Å². The fourth-order valence-corrected chi connectivity index (χ4v) is 2.21. The van der Waals surface area contributed by atoms with Crippen molar-refractivity contribution >= 4 is 0 Å². The van der Waals surface area contributed by atoms with Crippen molar-refractivity contribution in [3.8, 4) is 0 Å². The highest BCUT2D eigenvalue weighted by Crippen LogP contribution is 2.21. The molecule has 1 rings (SSSR count). The molecule has 3 heteroatoms. The summed E-state index contributed by atoms with van der Waals surface area (Å²) >= 11 is 0. The van der Waals surface area contributed by atoms with Crippen molar-refractivity contribution in [3.63, 3.8) is 0 Å². The minimum Gasteiger partial charge on any atom is -0.380 e. The molecule has 1 aliphatic rings. The maximum absolute atomic E-state index is 5.44. The molecule has 0 saturated heterocycles. The topological polar surface area (TPSA) is 33.3 Å². The highest BCUT2D eigenvalue weighted by Gasteiger charge is 2.25. The number of hydrogen-bond donors (Lipinski definition) is 2. The van der Waals surface area contributed by atoms with Crippen molar-refractivity contribution in [2.24, 2.45) is 0 Å². The Balaban J connectivity index is 1.99. The van der Waals surface area contributed by atoms with E-state index in [1.807, 2.05) is 7.11 Å². The second kappa shape index (κ2) is 7.20. The summed E-state index contributed by atoms with van der Waals surface area (Å²) in [6.07, 6.45) is 5.45. The van der Waals surface area contributed by atoms with E-state index in [4.69, 9.17) is 4.74 Å². The van der Waals surface area contributed by atoms with Gasteiger partial charge in [0.05, 0.1) is 6.10 Å². The van der Waals surface area contributed by atoms with Crippen molar-refractivity contribution in [1.29, 1.82) is 0 Å².